The Kier molecular flexibility index (Phi) is 3.81. The fraction of sp³-hybridized carbons (Fsp3) is 1.00. The van der Waals surface area contributed by atoms with Crippen LogP contribution in [0.1, 0.15) is 32.6 Å². The van der Waals surface area contributed by atoms with Gasteiger partial charge in [0.05, 0.1) is 12.8 Å². The zero-order valence-corrected chi connectivity index (χ0v) is 8.48. The zero-order valence-electron chi connectivity index (χ0n) is 7.66. The largest absolute Gasteiger partial charge is 0.363 e. The van der Waals surface area contributed by atoms with E-state index >= 15 is 0 Å². The first-order chi connectivity index (χ1) is 5.36. The van der Waals surface area contributed by atoms with E-state index in [-0.39, 0.29) is 12.4 Å². The quantitative estimate of drug-likeness (QED) is 0.581. The minimum atomic E-state index is 0. The van der Waals surface area contributed by atoms with Crippen molar-refractivity contribution in [2.75, 3.05) is 13.3 Å². The molecule has 2 saturated heterocycles. The number of nitrogens with zero attached hydrogens (tertiary/aromatic N) is 1. The Labute approximate surface area is 80.7 Å². The van der Waals surface area contributed by atoms with Crippen molar-refractivity contribution in [3.63, 3.8) is 0 Å². The number of rotatable bonds is 0. The summed E-state index contributed by atoms with van der Waals surface area (Å²) in [5.41, 5.74) is 0. The molecule has 2 atom stereocenters. The van der Waals surface area contributed by atoms with Gasteiger partial charge in [-0.3, -0.25) is 4.90 Å². The van der Waals surface area contributed by atoms with Crippen LogP contribution in [0.5, 0.6) is 0 Å². The van der Waals surface area contributed by atoms with Crippen LogP contribution in [0.3, 0.4) is 0 Å². The van der Waals surface area contributed by atoms with Crippen molar-refractivity contribution in [2.24, 2.45) is 0 Å². The van der Waals surface area contributed by atoms with Gasteiger partial charge < -0.3 is 4.74 Å². The van der Waals surface area contributed by atoms with Gasteiger partial charge >= 0.3 is 0 Å². The van der Waals surface area contributed by atoms with Crippen LogP contribution in [0.4, 0.5) is 0 Å². The molecule has 0 bridgehead atoms. The molecule has 2 heterocycles. The molecule has 2 unspecified atom stereocenters. The highest BCUT2D eigenvalue weighted by atomic mass is 35.5. The van der Waals surface area contributed by atoms with Crippen LogP contribution in [0.2, 0.25) is 0 Å². The normalized spacial score (nSPS) is 36.8. The summed E-state index contributed by atoms with van der Waals surface area (Å²) in [6.07, 6.45) is 5.94. The Morgan fingerprint density at radius 1 is 1.33 bits per heavy atom. The molecule has 0 aliphatic carbocycles. The van der Waals surface area contributed by atoms with Crippen LogP contribution < -0.4 is 0 Å². The maximum atomic E-state index is 5.57. The van der Waals surface area contributed by atoms with Crippen molar-refractivity contribution in [1.29, 1.82) is 0 Å². The minimum Gasteiger partial charge on any atom is -0.363 e. The summed E-state index contributed by atoms with van der Waals surface area (Å²) >= 11 is 0. The molecular weight excluding hydrogens is 174 g/mol. The molecule has 0 amide bonds. The van der Waals surface area contributed by atoms with Gasteiger partial charge in [-0.1, -0.05) is 6.42 Å². The number of fused-ring (bicyclic) bond motifs is 1. The van der Waals surface area contributed by atoms with Crippen LogP contribution in [0.25, 0.3) is 0 Å². The van der Waals surface area contributed by atoms with Crippen LogP contribution in [0.15, 0.2) is 0 Å². The van der Waals surface area contributed by atoms with Gasteiger partial charge in [0, 0.05) is 12.6 Å². The van der Waals surface area contributed by atoms with Crippen LogP contribution in [0, 0.1) is 0 Å². The van der Waals surface area contributed by atoms with E-state index in [4.69, 9.17) is 4.74 Å². The van der Waals surface area contributed by atoms with E-state index in [9.17, 15) is 0 Å². The smallest absolute Gasteiger partial charge is 0.0996 e. The van der Waals surface area contributed by atoms with Gasteiger partial charge in [0.2, 0.25) is 0 Å². The summed E-state index contributed by atoms with van der Waals surface area (Å²) in [5.74, 6) is 0. The molecule has 12 heavy (non-hydrogen) atoms. The van der Waals surface area contributed by atoms with Crippen molar-refractivity contribution in [3.8, 4) is 0 Å². The zero-order chi connectivity index (χ0) is 7.68. The molecule has 0 radical (unpaired) electrons. The molecule has 0 N–H and O–H groups in total. The summed E-state index contributed by atoms with van der Waals surface area (Å²) in [5, 5.41) is 0. The Bertz CT molecular complexity index is 142. The second kappa shape index (κ2) is 4.45. The number of piperidine rings is 1. The Hall–Kier alpha value is 0.210. The topological polar surface area (TPSA) is 12.5 Å². The van der Waals surface area contributed by atoms with Crippen molar-refractivity contribution in [3.05, 3.63) is 0 Å². The number of halogens is 1. The average molecular weight is 192 g/mol. The van der Waals surface area contributed by atoms with E-state index < -0.39 is 0 Å². The summed E-state index contributed by atoms with van der Waals surface area (Å²) < 4.78 is 5.57. The second-order valence-electron chi connectivity index (χ2n) is 3.80. The Morgan fingerprint density at radius 2 is 2.17 bits per heavy atom. The predicted molar refractivity (Wildman–Crippen MR) is 51.6 cm³/mol. The molecule has 2 fully saturated rings. The summed E-state index contributed by atoms with van der Waals surface area (Å²) in [4.78, 5) is 2.49. The lowest BCUT2D eigenvalue weighted by Gasteiger charge is -2.41. The summed E-state index contributed by atoms with van der Waals surface area (Å²) in [6, 6.07) is 0.840. The molecule has 2 nitrogen and oxygen atoms in total. The average Bonchev–Trinajstić information content (AvgIpc) is 2.04. The third-order valence-electron chi connectivity index (χ3n) is 2.88. The maximum Gasteiger partial charge on any atom is 0.0996 e. The molecule has 0 saturated carbocycles. The fourth-order valence-corrected chi connectivity index (χ4v) is 2.17. The van der Waals surface area contributed by atoms with Crippen molar-refractivity contribution in [1.82, 2.24) is 4.90 Å². The van der Waals surface area contributed by atoms with Gasteiger partial charge in [-0.15, -0.1) is 12.4 Å². The van der Waals surface area contributed by atoms with Gasteiger partial charge in [0.25, 0.3) is 0 Å². The molecule has 0 aromatic rings. The van der Waals surface area contributed by atoms with Crippen molar-refractivity contribution in [2.45, 2.75) is 44.8 Å². The van der Waals surface area contributed by atoms with Gasteiger partial charge in [0.1, 0.15) is 0 Å². The molecule has 72 valence electrons. The van der Waals surface area contributed by atoms with E-state index in [1.807, 2.05) is 0 Å². The highest BCUT2D eigenvalue weighted by Crippen LogP contribution is 2.25. The summed E-state index contributed by atoms with van der Waals surface area (Å²) in [7, 11) is 0. The Balaban J connectivity index is 0.000000720. The van der Waals surface area contributed by atoms with Gasteiger partial charge in [-0.2, -0.15) is 0 Å². The molecule has 0 aromatic heterocycles. The second-order valence-corrected chi connectivity index (χ2v) is 3.80. The van der Waals surface area contributed by atoms with E-state index in [0.717, 1.165) is 12.8 Å². The molecule has 2 rings (SSSR count). The van der Waals surface area contributed by atoms with Gasteiger partial charge in [0.15, 0.2) is 0 Å². The van der Waals surface area contributed by atoms with Gasteiger partial charge in [-0.05, 0) is 26.2 Å². The number of hydrogen-bond acceptors (Lipinski definition) is 2. The monoisotopic (exact) mass is 191 g/mol. The molecule has 2 aliphatic rings. The minimum absolute atomic E-state index is 0. The summed E-state index contributed by atoms with van der Waals surface area (Å²) in [6.45, 7) is 4.33. The first kappa shape index (κ1) is 10.3. The highest BCUT2D eigenvalue weighted by molar-refractivity contribution is 5.85. The van der Waals surface area contributed by atoms with Crippen LogP contribution in [-0.4, -0.2) is 30.3 Å². The van der Waals surface area contributed by atoms with E-state index in [2.05, 4.69) is 11.8 Å². The molecule has 0 spiro atoms. The van der Waals surface area contributed by atoms with Gasteiger partial charge in [-0.25, -0.2) is 0 Å². The fourth-order valence-electron chi connectivity index (χ4n) is 2.17. The molecular formula is C9H18ClNO. The predicted octanol–water partition coefficient (Wildman–Crippen LogP) is 2.03. The lowest BCUT2D eigenvalue weighted by Crippen LogP contribution is -2.47. The highest BCUT2D eigenvalue weighted by Gasteiger charge is 2.28. The standard InChI is InChI=1S/C9H17NO.ClH/c1-8-6-9-4-2-3-5-10(9)7-11-8;/h8-9H,2-7H2,1H3;1H. The first-order valence-corrected chi connectivity index (χ1v) is 4.72. The molecule has 2 aliphatic heterocycles. The van der Waals surface area contributed by atoms with Crippen molar-refractivity contribution >= 4 is 12.4 Å². The first-order valence-electron chi connectivity index (χ1n) is 4.72. The third kappa shape index (κ3) is 2.12. The maximum absolute atomic E-state index is 5.57. The van der Waals surface area contributed by atoms with Crippen LogP contribution in [-0.2, 0) is 4.74 Å². The number of hydrogen-bond donors (Lipinski definition) is 0. The lowest BCUT2D eigenvalue weighted by atomic mass is 9.97. The SMILES string of the molecule is CC1CC2CCCCN2CO1.Cl. The molecule has 0 aromatic carbocycles. The third-order valence-corrected chi connectivity index (χ3v) is 2.88. The van der Waals surface area contributed by atoms with Crippen LogP contribution >= 0.6 is 12.4 Å². The Morgan fingerprint density at radius 3 is 3.00 bits per heavy atom. The number of ether oxygens (including phenoxy) is 1. The molecule has 3 heteroatoms. The lowest BCUT2D eigenvalue weighted by molar-refractivity contribution is -0.0997. The van der Waals surface area contributed by atoms with E-state index in [1.165, 1.54) is 32.2 Å². The van der Waals surface area contributed by atoms with E-state index in [0.29, 0.717) is 6.10 Å². The van der Waals surface area contributed by atoms with Crippen molar-refractivity contribution < 1.29 is 4.74 Å². The van der Waals surface area contributed by atoms with E-state index in [1.54, 1.807) is 0 Å².